The molecule has 0 spiro atoms. The number of aliphatic carboxylic acids is 1. The predicted molar refractivity (Wildman–Crippen MR) is 68.8 cm³/mol. The van der Waals surface area contributed by atoms with Crippen LogP contribution in [0.2, 0.25) is 0 Å². The van der Waals surface area contributed by atoms with E-state index in [2.05, 4.69) is 9.99 Å². The second kappa shape index (κ2) is 7.68. The Hall–Kier alpha value is -1.55. The summed E-state index contributed by atoms with van der Waals surface area (Å²) in [7, 11) is 1.49. The summed E-state index contributed by atoms with van der Waals surface area (Å²) in [5.74, 6) is -1.14. The van der Waals surface area contributed by atoms with Crippen molar-refractivity contribution in [2.75, 3.05) is 7.11 Å². The Morgan fingerprint density at radius 1 is 1.47 bits per heavy atom. The van der Waals surface area contributed by atoms with Crippen molar-refractivity contribution in [3.8, 4) is 0 Å². The van der Waals surface area contributed by atoms with E-state index >= 15 is 0 Å². The lowest BCUT2D eigenvalue weighted by Gasteiger charge is -2.05. The molecule has 5 heteroatoms. The number of carbonyl (C=O) groups is 1. The first-order valence-electron chi connectivity index (χ1n) is 5.01. The van der Waals surface area contributed by atoms with Gasteiger partial charge < -0.3 is 9.94 Å². The summed E-state index contributed by atoms with van der Waals surface area (Å²) < 4.78 is 0. The number of carboxylic acid groups (broad SMARTS) is 1. The van der Waals surface area contributed by atoms with Gasteiger partial charge in [-0.1, -0.05) is 36.3 Å². The number of nitrogens with zero attached hydrogens (tertiary/aromatic N) is 1. The number of hydrogen-bond acceptors (Lipinski definition) is 3. The van der Waals surface area contributed by atoms with Crippen molar-refractivity contribution in [3.63, 3.8) is 0 Å². The zero-order valence-electron chi connectivity index (χ0n) is 9.79. The highest BCUT2D eigenvalue weighted by Gasteiger charge is 2.10. The largest absolute Gasteiger partial charge is 0.481 e. The molecular weight excluding hydrogens is 242 g/mol. The van der Waals surface area contributed by atoms with Gasteiger partial charge in [0.25, 0.3) is 0 Å². The standard InChI is InChI=1S/C12H15NO3.ClH/c1-9(12(14)15)7-10-3-5-11(6-4-10)8-13-16-2;/h3-6,8-9H,7H2,1-2H3,(H,14,15);1H/b13-8+;. The molecule has 1 aromatic rings. The van der Waals surface area contributed by atoms with Crippen molar-refractivity contribution in [1.82, 2.24) is 0 Å². The van der Waals surface area contributed by atoms with Crippen LogP contribution in [0.1, 0.15) is 18.1 Å². The summed E-state index contributed by atoms with van der Waals surface area (Å²) >= 11 is 0. The molecule has 0 aliphatic heterocycles. The van der Waals surface area contributed by atoms with Crippen molar-refractivity contribution >= 4 is 24.6 Å². The predicted octanol–water partition coefficient (Wildman–Crippen LogP) is 2.35. The second-order valence-corrected chi connectivity index (χ2v) is 3.60. The minimum atomic E-state index is -0.773. The zero-order chi connectivity index (χ0) is 12.0. The first-order chi connectivity index (χ1) is 7.63. The number of oxime groups is 1. The molecule has 4 nitrogen and oxygen atoms in total. The highest BCUT2D eigenvalue weighted by Crippen LogP contribution is 2.09. The number of benzene rings is 1. The van der Waals surface area contributed by atoms with Crippen LogP contribution in [0.3, 0.4) is 0 Å². The molecule has 1 aromatic carbocycles. The number of hydrogen-bond donors (Lipinski definition) is 1. The normalized spacial score (nSPS) is 11.9. The highest BCUT2D eigenvalue weighted by atomic mass is 35.5. The molecule has 0 saturated carbocycles. The van der Waals surface area contributed by atoms with Gasteiger partial charge >= 0.3 is 5.97 Å². The molecule has 0 heterocycles. The van der Waals surface area contributed by atoms with E-state index in [1.165, 1.54) is 7.11 Å². The van der Waals surface area contributed by atoms with Crippen LogP contribution in [0.25, 0.3) is 0 Å². The molecule has 0 aromatic heterocycles. The lowest BCUT2D eigenvalue weighted by atomic mass is 10.0. The van der Waals surface area contributed by atoms with Crippen molar-refractivity contribution in [1.29, 1.82) is 0 Å². The molecule has 17 heavy (non-hydrogen) atoms. The third-order valence-corrected chi connectivity index (χ3v) is 2.25. The van der Waals surface area contributed by atoms with E-state index < -0.39 is 5.97 Å². The van der Waals surface area contributed by atoms with Gasteiger partial charge in [0.05, 0.1) is 12.1 Å². The van der Waals surface area contributed by atoms with Gasteiger partial charge in [0.2, 0.25) is 0 Å². The summed E-state index contributed by atoms with van der Waals surface area (Å²) in [6.45, 7) is 1.70. The molecule has 1 N–H and O–H groups in total. The molecule has 94 valence electrons. The topological polar surface area (TPSA) is 58.9 Å². The van der Waals surface area contributed by atoms with Gasteiger partial charge in [0.1, 0.15) is 7.11 Å². The third-order valence-electron chi connectivity index (χ3n) is 2.25. The Bertz CT molecular complexity index is 376. The molecule has 0 aliphatic rings. The summed E-state index contributed by atoms with van der Waals surface area (Å²) in [6.07, 6.45) is 2.14. The van der Waals surface area contributed by atoms with Gasteiger partial charge in [-0.2, -0.15) is 0 Å². The summed E-state index contributed by atoms with van der Waals surface area (Å²) in [5, 5.41) is 12.4. The Morgan fingerprint density at radius 2 is 2.06 bits per heavy atom. The van der Waals surface area contributed by atoms with E-state index in [0.29, 0.717) is 6.42 Å². The molecule has 0 radical (unpaired) electrons. The molecule has 0 fully saturated rings. The van der Waals surface area contributed by atoms with Crippen LogP contribution < -0.4 is 0 Å². The number of halogens is 1. The van der Waals surface area contributed by atoms with Gasteiger partial charge in [-0.3, -0.25) is 4.79 Å². The summed E-state index contributed by atoms with van der Waals surface area (Å²) in [4.78, 5) is 15.2. The minimum absolute atomic E-state index is 0. The molecule has 1 atom stereocenters. The molecule has 1 unspecified atom stereocenters. The van der Waals surface area contributed by atoms with Gasteiger partial charge in [-0.25, -0.2) is 0 Å². The highest BCUT2D eigenvalue weighted by molar-refractivity contribution is 5.85. The minimum Gasteiger partial charge on any atom is -0.481 e. The first kappa shape index (κ1) is 15.4. The van der Waals surface area contributed by atoms with Gasteiger partial charge in [-0.15, -0.1) is 12.4 Å². The van der Waals surface area contributed by atoms with Gasteiger partial charge in [-0.05, 0) is 17.5 Å². The van der Waals surface area contributed by atoms with Crippen LogP contribution in [0, 0.1) is 5.92 Å². The van der Waals surface area contributed by atoms with Crippen molar-refractivity contribution in [2.45, 2.75) is 13.3 Å². The number of rotatable bonds is 5. The maximum atomic E-state index is 10.7. The average Bonchev–Trinajstić information content (AvgIpc) is 2.28. The van der Waals surface area contributed by atoms with E-state index in [9.17, 15) is 4.79 Å². The Morgan fingerprint density at radius 3 is 2.53 bits per heavy atom. The molecule has 1 rings (SSSR count). The summed E-state index contributed by atoms with van der Waals surface area (Å²) in [6, 6.07) is 7.56. The van der Waals surface area contributed by atoms with Crippen LogP contribution in [-0.4, -0.2) is 24.4 Å². The Kier molecular flexibility index (Phi) is 6.98. The van der Waals surface area contributed by atoms with E-state index in [4.69, 9.17) is 5.11 Å². The van der Waals surface area contributed by atoms with Crippen molar-refractivity contribution in [2.24, 2.45) is 11.1 Å². The quantitative estimate of drug-likeness (QED) is 0.651. The fourth-order valence-electron chi connectivity index (χ4n) is 1.29. The fraction of sp³-hybridized carbons (Fsp3) is 0.333. The maximum Gasteiger partial charge on any atom is 0.306 e. The molecule has 0 amide bonds. The van der Waals surface area contributed by atoms with Crippen molar-refractivity contribution in [3.05, 3.63) is 35.4 Å². The zero-order valence-corrected chi connectivity index (χ0v) is 10.6. The van der Waals surface area contributed by atoms with Crippen LogP contribution in [0.15, 0.2) is 29.4 Å². The molecule has 0 bridgehead atoms. The number of carboxylic acids is 1. The van der Waals surface area contributed by atoms with Gasteiger partial charge in [0.15, 0.2) is 0 Å². The van der Waals surface area contributed by atoms with E-state index in [1.54, 1.807) is 13.1 Å². The Balaban J connectivity index is 0.00000256. The SMILES string of the molecule is CO/N=C/c1ccc(CC(C)C(=O)O)cc1.Cl. The van der Waals surface area contributed by atoms with Crippen LogP contribution in [0.4, 0.5) is 0 Å². The fourth-order valence-corrected chi connectivity index (χ4v) is 1.29. The van der Waals surface area contributed by atoms with E-state index in [0.717, 1.165) is 11.1 Å². The lowest BCUT2D eigenvalue weighted by molar-refractivity contribution is -0.141. The first-order valence-corrected chi connectivity index (χ1v) is 5.01. The summed E-state index contributed by atoms with van der Waals surface area (Å²) in [5.41, 5.74) is 1.93. The maximum absolute atomic E-state index is 10.7. The second-order valence-electron chi connectivity index (χ2n) is 3.60. The third kappa shape index (κ3) is 5.36. The Labute approximate surface area is 107 Å². The van der Waals surface area contributed by atoms with Gasteiger partial charge in [0, 0.05) is 0 Å². The van der Waals surface area contributed by atoms with Crippen LogP contribution in [-0.2, 0) is 16.1 Å². The molecular formula is C12H16ClNO3. The van der Waals surface area contributed by atoms with Crippen molar-refractivity contribution < 1.29 is 14.7 Å². The van der Waals surface area contributed by atoms with Crippen LogP contribution >= 0.6 is 12.4 Å². The lowest BCUT2D eigenvalue weighted by Crippen LogP contribution is -2.12. The average molecular weight is 258 g/mol. The van der Waals surface area contributed by atoms with E-state index in [-0.39, 0.29) is 18.3 Å². The molecule has 0 saturated heterocycles. The van der Waals surface area contributed by atoms with Crippen LogP contribution in [0.5, 0.6) is 0 Å². The smallest absolute Gasteiger partial charge is 0.306 e. The van der Waals surface area contributed by atoms with E-state index in [1.807, 2.05) is 24.3 Å². The monoisotopic (exact) mass is 257 g/mol. The molecule has 0 aliphatic carbocycles.